The summed E-state index contributed by atoms with van der Waals surface area (Å²) in [6.45, 7) is 5.44. The third-order valence-electron chi connectivity index (χ3n) is 4.34. The summed E-state index contributed by atoms with van der Waals surface area (Å²) in [6.07, 6.45) is 3.29. The molecule has 1 aliphatic heterocycles. The molecule has 1 heterocycles. The summed E-state index contributed by atoms with van der Waals surface area (Å²) in [5.41, 5.74) is 5.01. The Balaban J connectivity index is 2.09. The minimum atomic E-state index is -0.170. The Morgan fingerprint density at radius 2 is 1.83 bits per heavy atom. The molecule has 0 radical (unpaired) electrons. The van der Waals surface area contributed by atoms with Crippen LogP contribution >= 0.6 is 11.8 Å². The highest BCUT2D eigenvalue weighted by molar-refractivity contribution is 7.99. The monoisotopic (exact) mass is 341 g/mol. The predicted octanol–water partition coefficient (Wildman–Crippen LogP) is 5.80. The SMILES string of the molecule is CC(C)c1ccc2c(c1)/C(=C\CCN(C)C)c1ccc(F)cc1S2. The molecule has 0 saturated carbocycles. The molecule has 1 aliphatic rings. The molecule has 0 spiro atoms. The summed E-state index contributed by atoms with van der Waals surface area (Å²) in [5.74, 6) is 0.328. The highest BCUT2D eigenvalue weighted by atomic mass is 32.2. The van der Waals surface area contributed by atoms with Gasteiger partial charge in [-0.15, -0.1) is 0 Å². The molecule has 0 bridgehead atoms. The van der Waals surface area contributed by atoms with Gasteiger partial charge in [-0.05, 0) is 73.0 Å². The van der Waals surface area contributed by atoms with Crippen LogP contribution in [0.15, 0.2) is 52.3 Å². The molecule has 2 aromatic carbocycles. The zero-order valence-corrected chi connectivity index (χ0v) is 15.6. The van der Waals surface area contributed by atoms with Crippen molar-refractivity contribution in [1.29, 1.82) is 0 Å². The Kier molecular flexibility index (Phi) is 5.12. The van der Waals surface area contributed by atoms with Gasteiger partial charge in [-0.3, -0.25) is 0 Å². The molecule has 1 nitrogen and oxygen atoms in total. The van der Waals surface area contributed by atoms with Gasteiger partial charge < -0.3 is 4.90 Å². The second-order valence-corrected chi connectivity index (χ2v) is 7.95. The molecule has 0 saturated heterocycles. The Bertz CT molecular complexity index is 777. The number of rotatable bonds is 4. The van der Waals surface area contributed by atoms with E-state index in [-0.39, 0.29) is 5.82 Å². The first-order valence-corrected chi connectivity index (χ1v) is 9.24. The zero-order chi connectivity index (χ0) is 17.3. The van der Waals surface area contributed by atoms with Gasteiger partial charge in [-0.1, -0.05) is 43.8 Å². The molecule has 2 aromatic rings. The third kappa shape index (κ3) is 3.57. The first-order chi connectivity index (χ1) is 11.5. The number of fused-ring (bicyclic) bond motifs is 2. The van der Waals surface area contributed by atoms with Crippen molar-refractivity contribution in [3.05, 3.63) is 65.0 Å². The second kappa shape index (κ2) is 7.12. The van der Waals surface area contributed by atoms with E-state index < -0.39 is 0 Å². The molecule has 24 heavy (non-hydrogen) atoms. The van der Waals surface area contributed by atoms with Crippen molar-refractivity contribution in [3.63, 3.8) is 0 Å². The fraction of sp³-hybridized carbons (Fsp3) is 0.333. The van der Waals surface area contributed by atoms with Crippen molar-refractivity contribution in [3.8, 4) is 0 Å². The second-order valence-electron chi connectivity index (χ2n) is 6.86. The summed E-state index contributed by atoms with van der Waals surface area (Å²) in [6, 6.07) is 11.8. The fourth-order valence-electron chi connectivity index (χ4n) is 2.96. The van der Waals surface area contributed by atoms with Gasteiger partial charge in [0.25, 0.3) is 0 Å². The molecule has 0 aromatic heterocycles. The van der Waals surface area contributed by atoms with Crippen molar-refractivity contribution >= 4 is 17.3 Å². The molecule has 0 fully saturated rings. The molecule has 0 unspecified atom stereocenters. The van der Waals surface area contributed by atoms with Gasteiger partial charge in [-0.25, -0.2) is 4.39 Å². The summed E-state index contributed by atoms with van der Waals surface area (Å²) >= 11 is 1.67. The lowest BCUT2D eigenvalue weighted by Gasteiger charge is -2.24. The van der Waals surface area contributed by atoms with Gasteiger partial charge in [0.15, 0.2) is 0 Å². The Morgan fingerprint density at radius 3 is 2.54 bits per heavy atom. The van der Waals surface area contributed by atoms with E-state index in [4.69, 9.17) is 0 Å². The van der Waals surface area contributed by atoms with Crippen LogP contribution in [0, 0.1) is 5.82 Å². The van der Waals surface area contributed by atoms with Crippen LogP contribution in [0.2, 0.25) is 0 Å². The molecule has 3 rings (SSSR count). The van der Waals surface area contributed by atoms with Crippen molar-refractivity contribution in [2.75, 3.05) is 20.6 Å². The first-order valence-electron chi connectivity index (χ1n) is 8.42. The Labute approximate surface area is 148 Å². The van der Waals surface area contributed by atoms with Crippen LogP contribution in [-0.4, -0.2) is 25.5 Å². The molecular formula is C21H24FNS. The van der Waals surface area contributed by atoms with E-state index in [0.717, 1.165) is 23.4 Å². The standard InChI is InChI=1S/C21H24FNS/c1-14(2)15-7-10-20-19(12-15)17(6-5-11-23(3)4)18-9-8-16(22)13-21(18)24-20/h6-10,12-14H,5,11H2,1-4H3/b17-6-. The van der Waals surface area contributed by atoms with Crippen LogP contribution < -0.4 is 0 Å². The topological polar surface area (TPSA) is 3.24 Å². The lowest BCUT2D eigenvalue weighted by molar-refractivity contribution is 0.417. The molecule has 126 valence electrons. The smallest absolute Gasteiger partial charge is 0.124 e. The van der Waals surface area contributed by atoms with Gasteiger partial charge in [0.2, 0.25) is 0 Å². The predicted molar refractivity (Wildman–Crippen MR) is 101 cm³/mol. The van der Waals surface area contributed by atoms with Gasteiger partial charge in [0.05, 0.1) is 0 Å². The Morgan fingerprint density at radius 1 is 1.04 bits per heavy atom. The number of benzene rings is 2. The largest absolute Gasteiger partial charge is 0.309 e. The van der Waals surface area contributed by atoms with Crippen molar-refractivity contribution in [2.24, 2.45) is 0 Å². The normalized spacial score (nSPS) is 15.0. The average molecular weight is 341 g/mol. The first kappa shape index (κ1) is 17.2. The molecular weight excluding hydrogens is 317 g/mol. The van der Waals surface area contributed by atoms with E-state index in [1.807, 2.05) is 6.07 Å². The van der Waals surface area contributed by atoms with Crippen molar-refractivity contribution in [2.45, 2.75) is 36.0 Å². The number of nitrogens with zero attached hydrogens (tertiary/aromatic N) is 1. The van der Waals surface area contributed by atoms with E-state index in [0.29, 0.717) is 5.92 Å². The highest BCUT2D eigenvalue weighted by Crippen LogP contribution is 2.46. The van der Waals surface area contributed by atoms with Crippen LogP contribution in [0.1, 0.15) is 42.9 Å². The van der Waals surface area contributed by atoms with E-state index in [1.165, 1.54) is 21.6 Å². The molecule has 0 N–H and O–H groups in total. The highest BCUT2D eigenvalue weighted by Gasteiger charge is 2.22. The quantitative estimate of drug-likeness (QED) is 0.590. The van der Waals surface area contributed by atoms with Crippen LogP contribution in [0.5, 0.6) is 0 Å². The van der Waals surface area contributed by atoms with Gasteiger partial charge in [0.1, 0.15) is 5.82 Å². The minimum Gasteiger partial charge on any atom is -0.309 e. The van der Waals surface area contributed by atoms with Crippen LogP contribution in [0.25, 0.3) is 5.57 Å². The summed E-state index contributed by atoms with van der Waals surface area (Å²) in [5, 5.41) is 0. The van der Waals surface area contributed by atoms with Gasteiger partial charge >= 0.3 is 0 Å². The maximum Gasteiger partial charge on any atom is 0.124 e. The summed E-state index contributed by atoms with van der Waals surface area (Å²) < 4.78 is 13.7. The fourth-order valence-corrected chi connectivity index (χ4v) is 4.07. The number of hydrogen-bond donors (Lipinski definition) is 0. The molecule has 0 atom stereocenters. The zero-order valence-electron chi connectivity index (χ0n) is 14.8. The summed E-state index contributed by atoms with van der Waals surface area (Å²) in [4.78, 5) is 4.41. The van der Waals surface area contributed by atoms with E-state index in [9.17, 15) is 4.39 Å². The Hall–Kier alpha value is -1.58. The molecule has 0 aliphatic carbocycles. The summed E-state index contributed by atoms with van der Waals surface area (Å²) in [7, 11) is 4.17. The maximum absolute atomic E-state index is 13.7. The average Bonchev–Trinajstić information content (AvgIpc) is 2.53. The van der Waals surface area contributed by atoms with E-state index in [2.05, 4.69) is 57.1 Å². The van der Waals surface area contributed by atoms with Crippen LogP contribution in [0.3, 0.4) is 0 Å². The lowest BCUT2D eigenvalue weighted by Crippen LogP contribution is -2.12. The number of hydrogen-bond acceptors (Lipinski definition) is 2. The van der Waals surface area contributed by atoms with Crippen molar-refractivity contribution in [1.82, 2.24) is 4.90 Å². The maximum atomic E-state index is 13.7. The van der Waals surface area contributed by atoms with E-state index >= 15 is 0 Å². The van der Waals surface area contributed by atoms with Gasteiger partial charge in [0, 0.05) is 16.3 Å². The van der Waals surface area contributed by atoms with Crippen LogP contribution in [-0.2, 0) is 0 Å². The third-order valence-corrected chi connectivity index (χ3v) is 5.47. The molecule has 3 heteroatoms. The number of halogens is 1. The minimum absolute atomic E-state index is 0.170. The van der Waals surface area contributed by atoms with Crippen molar-refractivity contribution < 1.29 is 4.39 Å². The van der Waals surface area contributed by atoms with Crippen LogP contribution in [0.4, 0.5) is 4.39 Å². The van der Waals surface area contributed by atoms with E-state index in [1.54, 1.807) is 23.9 Å². The molecule has 0 amide bonds. The lowest BCUT2D eigenvalue weighted by atomic mass is 9.92. The van der Waals surface area contributed by atoms with Gasteiger partial charge in [-0.2, -0.15) is 0 Å².